The van der Waals surface area contributed by atoms with Gasteiger partial charge in [0, 0.05) is 52.2 Å². The van der Waals surface area contributed by atoms with Crippen molar-refractivity contribution in [2.24, 2.45) is 10.4 Å². The lowest BCUT2D eigenvalue weighted by Crippen LogP contribution is -2.43. The Balaban J connectivity index is 1.91. The van der Waals surface area contributed by atoms with E-state index in [9.17, 15) is 0 Å². The van der Waals surface area contributed by atoms with Gasteiger partial charge in [-0.3, -0.25) is 9.67 Å². The summed E-state index contributed by atoms with van der Waals surface area (Å²) in [4.78, 5) is 4.41. The predicted octanol–water partition coefficient (Wildman–Crippen LogP) is 2.41. The fourth-order valence-electron chi connectivity index (χ4n) is 4.01. The number of ether oxygens (including phenoxy) is 2. The van der Waals surface area contributed by atoms with Crippen LogP contribution in [0, 0.1) is 19.3 Å². The van der Waals surface area contributed by atoms with Crippen molar-refractivity contribution in [3.63, 3.8) is 0 Å². The molecule has 0 bridgehead atoms. The van der Waals surface area contributed by atoms with Crippen molar-refractivity contribution < 1.29 is 9.47 Å². The zero-order valence-corrected chi connectivity index (χ0v) is 17.7. The van der Waals surface area contributed by atoms with E-state index in [-0.39, 0.29) is 0 Å². The fourth-order valence-corrected chi connectivity index (χ4v) is 4.01. The second-order valence-electron chi connectivity index (χ2n) is 7.59. The van der Waals surface area contributed by atoms with Crippen molar-refractivity contribution in [2.45, 2.75) is 59.0 Å². The highest BCUT2D eigenvalue weighted by Crippen LogP contribution is 2.40. The van der Waals surface area contributed by atoms with Gasteiger partial charge in [0.15, 0.2) is 5.96 Å². The first-order valence-corrected chi connectivity index (χ1v) is 10.0. The maximum absolute atomic E-state index is 5.33. The molecule has 2 rings (SSSR count). The molecule has 1 aromatic heterocycles. The minimum absolute atomic E-state index is 0.338. The van der Waals surface area contributed by atoms with Crippen LogP contribution in [0.4, 0.5) is 0 Å². The Hall–Kier alpha value is -1.60. The van der Waals surface area contributed by atoms with Crippen LogP contribution < -0.4 is 10.6 Å². The molecule has 1 fully saturated rings. The number of hydrogen-bond donors (Lipinski definition) is 2. The molecule has 1 aliphatic carbocycles. The van der Waals surface area contributed by atoms with Gasteiger partial charge in [-0.25, -0.2) is 0 Å². The Bertz CT molecular complexity index is 606. The molecule has 1 saturated carbocycles. The SMILES string of the molecule is CN=C(NCc1c(C)nn(CCOC)c1C)NCC1(CCOC)CCCC1. The summed E-state index contributed by atoms with van der Waals surface area (Å²) in [5.74, 6) is 0.849. The predicted molar refractivity (Wildman–Crippen MR) is 109 cm³/mol. The summed E-state index contributed by atoms with van der Waals surface area (Å²) in [5.41, 5.74) is 3.80. The number of aliphatic imine (C=N–C) groups is 1. The Morgan fingerprint density at radius 3 is 2.48 bits per heavy atom. The molecule has 1 heterocycles. The van der Waals surface area contributed by atoms with E-state index in [1.807, 2.05) is 11.7 Å². The quantitative estimate of drug-likeness (QED) is 0.482. The highest BCUT2D eigenvalue weighted by Gasteiger charge is 2.33. The maximum atomic E-state index is 5.33. The van der Waals surface area contributed by atoms with E-state index in [0.29, 0.717) is 12.0 Å². The maximum Gasteiger partial charge on any atom is 0.191 e. The molecule has 154 valence electrons. The van der Waals surface area contributed by atoms with Gasteiger partial charge in [0.05, 0.1) is 18.8 Å². The number of aryl methyl sites for hydroxylation is 1. The normalized spacial score (nSPS) is 16.7. The van der Waals surface area contributed by atoms with Crippen LogP contribution in [-0.4, -0.2) is 56.8 Å². The van der Waals surface area contributed by atoms with Crippen molar-refractivity contribution in [2.75, 3.05) is 41.0 Å². The molecular formula is C20H37N5O2. The average Bonchev–Trinajstić information content (AvgIpc) is 3.24. The largest absolute Gasteiger partial charge is 0.385 e. The summed E-state index contributed by atoms with van der Waals surface area (Å²) < 4.78 is 12.5. The summed E-state index contributed by atoms with van der Waals surface area (Å²) in [7, 11) is 5.33. The molecule has 0 unspecified atom stereocenters. The Labute approximate surface area is 163 Å². The number of nitrogens with one attached hydrogen (secondary N) is 2. The zero-order valence-electron chi connectivity index (χ0n) is 17.7. The van der Waals surface area contributed by atoms with E-state index in [2.05, 4.69) is 34.6 Å². The molecule has 7 heteroatoms. The first-order valence-electron chi connectivity index (χ1n) is 10.0. The standard InChI is InChI=1S/C20H37N5O2/c1-16-18(17(2)25(24-16)11-13-27-5)14-22-19(21-3)23-15-20(10-12-26-4)8-6-7-9-20/h6-15H2,1-5H3,(H2,21,22,23). The average molecular weight is 380 g/mol. The van der Waals surface area contributed by atoms with Gasteiger partial charge in [-0.1, -0.05) is 12.8 Å². The van der Waals surface area contributed by atoms with Crippen LogP contribution in [-0.2, 0) is 22.6 Å². The molecular weight excluding hydrogens is 342 g/mol. The van der Waals surface area contributed by atoms with Crippen molar-refractivity contribution in [1.82, 2.24) is 20.4 Å². The molecule has 0 radical (unpaired) electrons. The van der Waals surface area contributed by atoms with Crippen molar-refractivity contribution in [3.8, 4) is 0 Å². The van der Waals surface area contributed by atoms with Crippen LogP contribution in [0.3, 0.4) is 0 Å². The lowest BCUT2D eigenvalue weighted by Gasteiger charge is -2.30. The minimum Gasteiger partial charge on any atom is -0.385 e. The smallest absolute Gasteiger partial charge is 0.191 e. The number of guanidine groups is 1. The molecule has 0 amide bonds. The van der Waals surface area contributed by atoms with E-state index >= 15 is 0 Å². The summed E-state index contributed by atoms with van der Waals surface area (Å²) in [6.07, 6.45) is 6.28. The lowest BCUT2D eigenvalue weighted by atomic mass is 9.83. The first kappa shape index (κ1) is 21.7. The molecule has 1 aromatic rings. The molecule has 7 nitrogen and oxygen atoms in total. The molecule has 0 aliphatic heterocycles. The highest BCUT2D eigenvalue weighted by molar-refractivity contribution is 5.79. The number of nitrogens with zero attached hydrogens (tertiary/aromatic N) is 3. The van der Waals surface area contributed by atoms with Crippen molar-refractivity contribution >= 4 is 5.96 Å². The van der Waals surface area contributed by atoms with E-state index < -0.39 is 0 Å². The molecule has 0 spiro atoms. The van der Waals surface area contributed by atoms with Crippen LogP contribution in [0.2, 0.25) is 0 Å². The van der Waals surface area contributed by atoms with E-state index in [0.717, 1.165) is 44.3 Å². The van der Waals surface area contributed by atoms with Crippen molar-refractivity contribution in [1.29, 1.82) is 0 Å². The summed E-state index contributed by atoms with van der Waals surface area (Å²) in [5, 5.41) is 11.6. The zero-order chi connectivity index (χ0) is 19.7. The van der Waals surface area contributed by atoms with Gasteiger partial charge in [-0.15, -0.1) is 0 Å². The van der Waals surface area contributed by atoms with E-state index in [1.165, 1.54) is 36.9 Å². The number of rotatable bonds is 10. The molecule has 1 aliphatic rings. The number of hydrogen-bond acceptors (Lipinski definition) is 4. The Morgan fingerprint density at radius 2 is 1.85 bits per heavy atom. The van der Waals surface area contributed by atoms with Crippen LogP contribution >= 0.6 is 0 Å². The van der Waals surface area contributed by atoms with Crippen LogP contribution in [0.25, 0.3) is 0 Å². The third-order valence-corrected chi connectivity index (χ3v) is 5.83. The molecule has 2 N–H and O–H groups in total. The third kappa shape index (κ3) is 5.94. The van der Waals surface area contributed by atoms with Gasteiger partial charge < -0.3 is 20.1 Å². The summed E-state index contributed by atoms with van der Waals surface area (Å²) in [6.45, 7) is 8.10. The summed E-state index contributed by atoms with van der Waals surface area (Å²) >= 11 is 0. The van der Waals surface area contributed by atoms with Gasteiger partial charge in [0.2, 0.25) is 0 Å². The van der Waals surface area contributed by atoms with E-state index in [1.54, 1.807) is 14.2 Å². The van der Waals surface area contributed by atoms with E-state index in [4.69, 9.17) is 9.47 Å². The van der Waals surface area contributed by atoms with Crippen LogP contribution in [0.15, 0.2) is 4.99 Å². The highest BCUT2D eigenvalue weighted by atomic mass is 16.5. The minimum atomic E-state index is 0.338. The molecule has 27 heavy (non-hydrogen) atoms. The fraction of sp³-hybridized carbons (Fsp3) is 0.800. The van der Waals surface area contributed by atoms with Gasteiger partial charge in [-0.05, 0) is 38.5 Å². The lowest BCUT2D eigenvalue weighted by molar-refractivity contribution is 0.138. The number of methoxy groups -OCH3 is 2. The Morgan fingerprint density at radius 1 is 1.15 bits per heavy atom. The van der Waals surface area contributed by atoms with Gasteiger partial charge in [0.1, 0.15) is 0 Å². The second kappa shape index (κ2) is 10.7. The third-order valence-electron chi connectivity index (χ3n) is 5.83. The molecule has 0 aromatic carbocycles. The molecule has 0 saturated heterocycles. The van der Waals surface area contributed by atoms with Gasteiger partial charge in [-0.2, -0.15) is 5.10 Å². The van der Waals surface area contributed by atoms with Crippen molar-refractivity contribution in [3.05, 3.63) is 17.0 Å². The summed E-state index contributed by atoms with van der Waals surface area (Å²) in [6, 6.07) is 0. The molecule has 0 atom stereocenters. The van der Waals surface area contributed by atoms with Crippen LogP contribution in [0.1, 0.15) is 49.1 Å². The Kier molecular flexibility index (Phi) is 8.57. The monoisotopic (exact) mass is 379 g/mol. The second-order valence-corrected chi connectivity index (χ2v) is 7.59. The van der Waals surface area contributed by atoms with Gasteiger partial charge >= 0.3 is 0 Å². The van der Waals surface area contributed by atoms with Crippen LogP contribution in [0.5, 0.6) is 0 Å². The topological polar surface area (TPSA) is 72.7 Å². The first-order chi connectivity index (χ1) is 13.0. The van der Waals surface area contributed by atoms with Gasteiger partial charge in [0.25, 0.3) is 0 Å². The number of aromatic nitrogens is 2.